The molecule has 10 heteroatoms. The lowest BCUT2D eigenvalue weighted by molar-refractivity contribution is 0.288. The van der Waals surface area contributed by atoms with Crippen molar-refractivity contribution in [1.82, 2.24) is 34.5 Å². The third-order valence-corrected chi connectivity index (χ3v) is 5.25. The molecule has 30 heavy (non-hydrogen) atoms. The number of pyridine rings is 1. The van der Waals surface area contributed by atoms with Crippen molar-refractivity contribution >= 4 is 22.7 Å². The molecule has 0 saturated heterocycles. The second-order valence-corrected chi connectivity index (χ2v) is 7.23. The van der Waals surface area contributed by atoms with Crippen molar-refractivity contribution in [3.63, 3.8) is 0 Å². The zero-order chi connectivity index (χ0) is 20.8. The van der Waals surface area contributed by atoms with Crippen LogP contribution in [0.3, 0.4) is 0 Å². The summed E-state index contributed by atoms with van der Waals surface area (Å²) in [6.07, 6.45) is 4.29. The van der Waals surface area contributed by atoms with E-state index in [1.807, 2.05) is 31.5 Å². The van der Waals surface area contributed by atoms with Crippen LogP contribution in [0.25, 0.3) is 16.7 Å². The van der Waals surface area contributed by atoms with Crippen molar-refractivity contribution in [2.75, 3.05) is 19.0 Å². The lowest BCUT2D eigenvalue weighted by Gasteiger charge is -2.12. The highest BCUT2D eigenvalue weighted by atomic mass is 16.5. The summed E-state index contributed by atoms with van der Waals surface area (Å²) in [5.41, 5.74) is 5.04. The number of aryl methyl sites for hydroxylation is 3. The fraction of sp³-hybridized carbons (Fsp3) is 0.350. The van der Waals surface area contributed by atoms with E-state index >= 15 is 0 Å². The molecular weight excluding hydrogens is 384 g/mol. The topological polar surface area (TPSA) is 105 Å². The smallest absolute Gasteiger partial charge is 0.257 e. The second-order valence-electron chi connectivity index (χ2n) is 7.23. The van der Waals surface area contributed by atoms with Gasteiger partial charge >= 0.3 is 0 Å². The summed E-state index contributed by atoms with van der Waals surface area (Å²) < 4.78 is 15.2. The minimum Gasteiger partial charge on any atom is -0.479 e. The highest BCUT2D eigenvalue weighted by Gasteiger charge is 2.23. The monoisotopic (exact) mass is 406 g/mol. The van der Waals surface area contributed by atoms with Gasteiger partial charge in [-0.2, -0.15) is 10.1 Å². The fourth-order valence-electron chi connectivity index (χ4n) is 3.69. The van der Waals surface area contributed by atoms with Gasteiger partial charge in [-0.15, -0.1) is 5.10 Å². The van der Waals surface area contributed by atoms with E-state index in [9.17, 15) is 0 Å². The van der Waals surface area contributed by atoms with Gasteiger partial charge in [0.15, 0.2) is 5.65 Å². The van der Waals surface area contributed by atoms with Crippen molar-refractivity contribution in [3.8, 4) is 17.4 Å². The van der Waals surface area contributed by atoms with Gasteiger partial charge in [0.2, 0.25) is 11.8 Å². The van der Waals surface area contributed by atoms with E-state index in [0.29, 0.717) is 36.5 Å². The van der Waals surface area contributed by atoms with Gasteiger partial charge in [0, 0.05) is 25.4 Å². The molecule has 5 rings (SSSR count). The first kappa shape index (κ1) is 18.3. The van der Waals surface area contributed by atoms with E-state index in [1.165, 1.54) is 0 Å². The molecule has 4 aromatic heterocycles. The van der Waals surface area contributed by atoms with Gasteiger partial charge in [-0.25, -0.2) is 19.3 Å². The number of fused-ring (bicyclic) bond motifs is 2. The van der Waals surface area contributed by atoms with Crippen molar-refractivity contribution in [3.05, 3.63) is 35.4 Å². The molecule has 0 amide bonds. The molecule has 4 aromatic rings. The van der Waals surface area contributed by atoms with E-state index in [2.05, 4.69) is 20.4 Å². The Hall–Kier alpha value is -3.69. The standard InChI is InChI=1S/C20H22N8O2/c1-11-6-7-21-19(29-4)16(11)28-13(3)15-18(26-28)30-9-5-8-27-17-14(12(2)25-27)10-22-20(23-15)24-17/h6-7,10H,5,8-9H2,1-4H3,(H,22,23,24). The number of hydrogen-bond donors (Lipinski definition) is 1. The van der Waals surface area contributed by atoms with E-state index in [0.717, 1.165) is 40.1 Å². The predicted molar refractivity (Wildman–Crippen MR) is 111 cm³/mol. The van der Waals surface area contributed by atoms with Crippen molar-refractivity contribution < 1.29 is 9.47 Å². The molecule has 0 radical (unpaired) electrons. The van der Waals surface area contributed by atoms with Crippen LogP contribution in [-0.4, -0.2) is 48.2 Å². The maximum Gasteiger partial charge on any atom is 0.257 e. The predicted octanol–water partition coefficient (Wildman–Crippen LogP) is 2.87. The van der Waals surface area contributed by atoms with Crippen LogP contribution in [0.2, 0.25) is 0 Å². The van der Waals surface area contributed by atoms with Gasteiger partial charge in [-0.3, -0.25) is 0 Å². The third-order valence-electron chi connectivity index (χ3n) is 5.25. The maximum atomic E-state index is 6.04. The first-order chi connectivity index (χ1) is 14.6. The highest BCUT2D eigenvalue weighted by molar-refractivity contribution is 5.79. The molecule has 154 valence electrons. The Morgan fingerprint density at radius 2 is 2.03 bits per heavy atom. The molecule has 0 spiro atoms. The zero-order valence-electron chi connectivity index (χ0n) is 17.3. The molecule has 10 nitrogen and oxygen atoms in total. The number of hydrogen-bond acceptors (Lipinski definition) is 8. The average Bonchev–Trinajstić information content (AvgIpc) is 3.21. The Balaban J connectivity index is 1.66. The number of methoxy groups -OCH3 is 1. The quantitative estimate of drug-likeness (QED) is 0.542. The van der Waals surface area contributed by atoms with Crippen LogP contribution in [0.15, 0.2) is 18.5 Å². The van der Waals surface area contributed by atoms with Crippen LogP contribution in [0, 0.1) is 20.8 Å². The van der Waals surface area contributed by atoms with E-state index in [1.54, 1.807) is 24.2 Å². The summed E-state index contributed by atoms with van der Waals surface area (Å²) in [5, 5.41) is 13.5. The van der Waals surface area contributed by atoms with Crippen molar-refractivity contribution in [2.24, 2.45) is 0 Å². The Labute approximate surface area is 172 Å². The molecule has 0 aliphatic carbocycles. The average molecular weight is 406 g/mol. The number of nitrogens with zero attached hydrogens (tertiary/aromatic N) is 7. The molecular formula is C20H22N8O2. The lowest BCUT2D eigenvalue weighted by atomic mass is 10.2. The van der Waals surface area contributed by atoms with E-state index < -0.39 is 0 Å². The number of rotatable bonds is 2. The van der Waals surface area contributed by atoms with Gasteiger partial charge in [0.1, 0.15) is 11.4 Å². The summed E-state index contributed by atoms with van der Waals surface area (Å²) in [7, 11) is 1.60. The SMILES string of the molecule is COc1nccc(C)c1-n1nc2c(c1C)Nc1ncc3c(C)nn(c3n1)CCCO2. The molecule has 0 saturated carbocycles. The van der Waals surface area contributed by atoms with Gasteiger partial charge in [0.25, 0.3) is 5.88 Å². The Kier molecular flexibility index (Phi) is 4.27. The summed E-state index contributed by atoms with van der Waals surface area (Å²) in [6, 6.07) is 1.92. The molecule has 1 aliphatic heterocycles. The first-order valence-corrected chi connectivity index (χ1v) is 9.76. The van der Waals surface area contributed by atoms with Crippen LogP contribution in [0.1, 0.15) is 23.4 Å². The molecule has 5 heterocycles. The normalized spacial score (nSPS) is 13.5. The molecule has 0 fully saturated rings. The van der Waals surface area contributed by atoms with Crippen molar-refractivity contribution in [2.45, 2.75) is 33.7 Å². The second kappa shape index (κ2) is 6.97. The van der Waals surface area contributed by atoms with Crippen LogP contribution < -0.4 is 14.8 Å². The summed E-state index contributed by atoms with van der Waals surface area (Å²) in [4.78, 5) is 13.5. The van der Waals surface area contributed by atoms with Crippen LogP contribution >= 0.6 is 0 Å². The van der Waals surface area contributed by atoms with Gasteiger partial charge in [0.05, 0.1) is 30.5 Å². The first-order valence-electron chi connectivity index (χ1n) is 9.76. The number of ether oxygens (including phenoxy) is 2. The summed E-state index contributed by atoms with van der Waals surface area (Å²) in [5.74, 6) is 1.45. The van der Waals surface area contributed by atoms with Crippen LogP contribution in [0.5, 0.6) is 11.8 Å². The number of anilines is 2. The molecule has 2 bridgehead atoms. The van der Waals surface area contributed by atoms with E-state index in [4.69, 9.17) is 19.6 Å². The van der Waals surface area contributed by atoms with Crippen LogP contribution in [-0.2, 0) is 6.54 Å². The fourth-order valence-corrected chi connectivity index (χ4v) is 3.69. The number of nitrogens with one attached hydrogen (secondary N) is 1. The molecule has 0 atom stereocenters. The maximum absolute atomic E-state index is 6.04. The van der Waals surface area contributed by atoms with Crippen molar-refractivity contribution in [1.29, 1.82) is 0 Å². The van der Waals surface area contributed by atoms with Gasteiger partial charge < -0.3 is 14.8 Å². The molecule has 1 aliphatic rings. The summed E-state index contributed by atoms with van der Waals surface area (Å²) >= 11 is 0. The lowest BCUT2D eigenvalue weighted by Crippen LogP contribution is -2.08. The molecule has 1 N–H and O–H groups in total. The Morgan fingerprint density at radius 1 is 1.17 bits per heavy atom. The third kappa shape index (κ3) is 2.83. The molecule has 0 unspecified atom stereocenters. The van der Waals surface area contributed by atoms with Gasteiger partial charge in [-0.05, 0) is 32.4 Å². The molecule has 0 aromatic carbocycles. The van der Waals surface area contributed by atoms with Gasteiger partial charge in [-0.1, -0.05) is 0 Å². The largest absolute Gasteiger partial charge is 0.479 e. The Bertz CT molecular complexity index is 1260. The zero-order valence-corrected chi connectivity index (χ0v) is 17.3. The van der Waals surface area contributed by atoms with E-state index in [-0.39, 0.29) is 0 Å². The Morgan fingerprint density at radius 3 is 2.87 bits per heavy atom. The number of aromatic nitrogens is 7. The summed E-state index contributed by atoms with van der Waals surface area (Å²) in [6.45, 7) is 7.12. The highest BCUT2D eigenvalue weighted by Crippen LogP contribution is 2.35. The van der Waals surface area contributed by atoms with Crippen LogP contribution in [0.4, 0.5) is 11.6 Å². The minimum absolute atomic E-state index is 0.466. The minimum atomic E-state index is 0.466.